The summed E-state index contributed by atoms with van der Waals surface area (Å²) in [6.45, 7) is -0.530. The van der Waals surface area contributed by atoms with Crippen molar-refractivity contribution in [3.8, 4) is 5.75 Å². The third kappa shape index (κ3) is 4.05. The first-order chi connectivity index (χ1) is 10.6. The molecule has 0 aliphatic carbocycles. The lowest BCUT2D eigenvalue weighted by molar-refractivity contribution is -0.157. The van der Waals surface area contributed by atoms with E-state index in [1.54, 1.807) is 36.4 Å². The van der Waals surface area contributed by atoms with Crippen LogP contribution < -0.4 is 10.5 Å². The van der Waals surface area contributed by atoms with E-state index in [4.69, 9.17) is 15.2 Å². The van der Waals surface area contributed by atoms with Crippen molar-refractivity contribution in [1.29, 1.82) is 0 Å². The number of carbonyl (C=O) groups is 2. The molecule has 6 heteroatoms. The van der Waals surface area contributed by atoms with Crippen LogP contribution in [0.2, 0.25) is 0 Å². The van der Waals surface area contributed by atoms with Gasteiger partial charge in [-0.1, -0.05) is 42.5 Å². The lowest BCUT2D eigenvalue weighted by Crippen LogP contribution is -2.28. The first kappa shape index (κ1) is 15.5. The standard InChI is InChI=1S/C16H14FNO4/c17-12-8-4-5-9-13(12)21-10-14(19)22-15(16(18)20)11-6-2-1-3-7-11/h1-9,15H,10H2,(H2,18,20)/t15-/m0/s1. The van der Waals surface area contributed by atoms with Crippen LogP contribution in [0, 0.1) is 5.82 Å². The van der Waals surface area contributed by atoms with E-state index in [1.165, 1.54) is 18.2 Å². The summed E-state index contributed by atoms with van der Waals surface area (Å²) in [5, 5.41) is 0. The third-order valence-electron chi connectivity index (χ3n) is 2.79. The van der Waals surface area contributed by atoms with Gasteiger partial charge in [0.05, 0.1) is 0 Å². The van der Waals surface area contributed by atoms with E-state index < -0.39 is 30.4 Å². The molecule has 0 spiro atoms. The summed E-state index contributed by atoms with van der Waals surface area (Å²) >= 11 is 0. The summed E-state index contributed by atoms with van der Waals surface area (Å²) in [4.78, 5) is 23.1. The Kier molecular flexibility index (Phi) is 5.08. The Morgan fingerprint density at radius 3 is 2.32 bits per heavy atom. The van der Waals surface area contributed by atoms with Crippen LogP contribution in [0.4, 0.5) is 4.39 Å². The molecule has 2 aromatic rings. The van der Waals surface area contributed by atoms with Crippen LogP contribution in [-0.2, 0) is 14.3 Å². The van der Waals surface area contributed by atoms with Gasteiger partial charge in [-0.3, -0.25) is 4.79 Å². The molecule has 0 unspecified atom stereocenters. The molecule has 0 aliphatic heterocycles. The molecule has 114 valence electrons. The van der Waals surface area contributed by atoms with Gasteiger partial charge in [0.1, 0.15) is 0 Å². The molecule has 0 saturated heterocycles. The highest BCUT2D eigenvalue weighted by Crippen LogP contribution is 2.18. The number of primary amides is 1. The molecule has 0 bridgehead atoms. The van der Waals surface area contributed by atoms with Gasteiger partial charge in [0, 0.05) is 5.56 Å². The molecule has 0 radical (unpaired) electrons. The maximum absolute atomic E-state index is 13.3. The molecule has 0 heterocycles. The summed E-state index contributed by atoms with van der Waals surface area (Å²) in [6.07, 6.45) is -1.21. The van der Waals surface area contributed by atoms with E-state index in [1.807, 2.05) is 0 Å². The smallest absolute Gasteiger partial charge is 0.345 e. The predicted molar refractivity (Wildman–Crippen MR) is 76.4 cm³/mol. The van der Waals surface area contributed by atoms with Crippen molar-refractivity contribution in [3.63, 3.8) is 0 Å². The number of nitrogens with two attached hydrogens (primary N) is 1. The summed E-state index contributed by atoms with van der Waals surface area (Å²) in [5.74, 6) is -2.29. The highest BCUT2D eigenvalue weighted by atomic mass is 19.1. The molecule has 1 atom stereocenters. The van der Waals surface area contributed by atoms with Gasteiger partial charge in [-0.05, 0) is 12.1 Å². The monoisotopic (exact) mass is 303 g/mol. The molecule has 0 aliphatic rings. The van der Waals surface area contributed by atoms with Gasteiger partial charge in [0.25, 0.3) is 5.91 Å². The Bertz CT molecular complexity index is 660. The number of benzene rings is 2. The Labute approximate surface area is 126 Å². The molecule has 0 saturated carbocycles. The van der Waals surface area contributed by atoms with Gasteiger partial charge in [-0.2, -0.15) is 0 Å². The second kappa shape index (κ2) is 7.21. The number of rotatable bonds is 6. The van der Waals surface area contributed by atoms with Gasteiger partial charge in [-0.15, -0.1) is 0 Å². The molecule has 2 aromatic carbocycles. The van der Waals surface area contributed by atoms with Gasteiger partial charge in [0.15, 0.2) is 18.2 Å². The topological polar surface area (TPSA) is 78.6 Å². The first-order valence-electron chi connectivity index (χ1n) is 6.49. The number of para-hydroxylation sites is 1. The second-order valence-corrected chi connectivity index (χ2v) is 4.40. The van der Waals surface area contributed by atoms with Crippen LogP contribution in [0.1, 0.15) is 11.7 Å². The van der Waals surface area contributed by atoms with Crippen molar-refractivity contribution in [2.45, 2.75) is 6.10 Å². The Balaban J connectivity index is 1.98. The number of carbonyl (C=O) groups excluding carboxylic acids is 2. The number of esters is 1. The average molecular weight is 303 g/mol. The van der Waals surface area contributed by atoms with E-state index >= 15 is 0 Å². The number of hydrogen-bond donors (Lipinski definition) is 1. The average Bonchev–Trinajstić information content (AvgIpc) is 2.52. The van der Waals surface area contributed by atoms with Crippen LogP contribution in [0.5, 0.6) is 5.75 Å². The predicted octanol–water partition coefficient (Wildman–Crippen LogP) is 1.97. The molecule has 2 N–H and O–H groups in total. The minimum Gasteiger partial charge on any atom is -0.479 e. The maximum atomic E-state index is 13.3. The Morgan fingerprint density at radius 1 is 1.05 bits per heavy atom. The molecule has 2 rings (SSSR count). The van der Waals surface area contributed by atoms with Crippen LogP contribution in [-0.4, -0.2) is 18.5 Å². The molecule has 22 heavy (non-hydrogen) atoms. The Hall–Kier alpha value is -2.89. The van der Waals surface area contributed by atoms with Gasteiger partial charge < -0.3 is 15.2 Å². The van der Waals surface area contributed by atoms with Crippen molar-refractivity contribution in [2.24, 2.45) is 5.73 Å². The Morgan fingerprint density at radius 2 is 1.68 bits per heavy atom. The quantitative estimate of drug-likeness (QED) is 0.828. The summed E-state index contributed by atoms with van der Waals surface area (Å²) < 4.78 is 23.4. The largest absolute Gasteiger partial charge is 0.479 e. The van der Waals surface area contributed by atoms with E-state index in [9.17, 15) is 14.0 Å². The summed E-state index contributed by atoms with van der Waals surface area (Å²) in [7, 11) is 0. The highest BCUT2D eigenvalue weighted by molar-refractivity contribution is 5.83. The number of ether oxygens (including phenoxy) is 2. The zero-order valence-electron chi connectivity index (χ0n) is 11.6. The summed E-state index contributed by atoms with van der Waals surface area (Å²) in [5.41, 5.74) is 5.68. The molecule has 0 aromatic heterocycles. The number of amides is 1. The molecule has 5 nitrogen and oxygen atoms in total. The van der Waals surface area contributed by atoms with Crippen molar-refractivity contribution < 1.29 is 23.5 Å². The van der Waals surface area contributed by atoms with Gasteiger partial charge in [0.2, 0.25) is 6.10 Å². The summed E-state index contributed by atoms with van der Waals surface area (Å²) in [6, 6.07) is 14.0. The second-order valence-electron chi connectivity index (χ2n) is 4.40. The highest BCUT2D eigenvalue weighted by Gasteiger charge is 2.22. The van der Waals surface area contributed by atoms with E-state index in [0.29, 0.717) is 5.56 Å². The van der Waals surface area contributed by atoms with Crippen molar-refractivity contribution in [2.75, 3.05) is 6.61 Å². The molecule has 0 fully saturated rings. The van der Waals surface area contributed by atoms with Crippen molar-refractivity contribution in [3.05, 3.63) is 66.0 Å². The van der Waals surface area contributed by atoms with Crippen LogP contribution in [0.25, 0.3) is 0 Å². The number of hydrogen-bond acceptors (Lipinski definition) is 4. The van der Waals surface area contributed by atoms with Crippen molar-refractivity contribution >= 4 is 11.9 Å². The molecular weight excluding hydrogens is 289 g/mol. The molecule has 1 amide bonds. The van der Waals surface area contributed by atoms with E-state index in [0.717, 1.165) is 0 Å². The zero-order chi connectivity index (χ0) is 15.9. The minimum atomic E-state index is -1.21. The SMILES string of the molecule is NC(=O)[C@@H](OC(=O)COc1ccccc1F)c1ccccc1. The van der Waals surface area contributed by atoms with Crippen LogP contribution >= 0.6 is 0 Å². The van der Waals surface area contributed by atoms with E-state index in [2.05, 4.69) is 0 Å². The van der Waals surface area contributed by atoms with Crippen LogP contribution in [0.15, 0.2) is 54.6 Å². The first-order valence-corrected chi connectivity index (χ1v) is 6.49. The fraction of sp³-hybridized carbons (Fsp3) is 0.125. The zero-order valence-corrected chi connectivity index (χ0v) is 11.6. The van der Waals surface area contributed by atoms with Crippen LogP contribution in [0.3, 0.4) is 0 Å². The lowest BCUT2D eigenvalue weighted by atomic mass is 10.1. The van der Waals surface area contributed by atoms with Gasteiger partial charge >= 0.3 is 5.97 Å². The fourth-order valence-corrected chi connectivity index (χ4v) is 1.78. The number of halogens is 1. The fourth-order valence-electron chi connectivity index (χ4n) is 1.78. The van der Waals surface area contributed by atoms with Gasteiger partial charge in [-0.25, -0.2) is 9.18 Å². The lowest BCUT2D eigenvalue weighted by Gasteiger charge is -2.15. The maximum Gasteiger partial charge on any atom is 0.345 e. The minimum absolute atomic E-state index is 0.0743. The molecular formula is C16H14FNO4. The van der Waals surface area contributed by atoms with Crippen molar-refractivity contribution in [1.82, 2.24) is 0 Å². The normalized spacial score (nSPS) is 11.5. The van der Waals surface area contributed by atoms with E-state index in [-0.39, 0.29) is 5.75 Å². The third-order valence-corrected chi connectivity index (χ3v) is 2.79.